The summed E-state index contributed by atoms with van der Waals surface area (Å²) in [5.41, 5.74) is 2.69. The van der Waals surface area contributed by atoms with E-state index >= 15 is 0 Å². The van der Waals surface area contributed by atoms with E-state index in [9.17, 15) is 18.0 Å². The lowest BCUT2D eigenvalue weighted by Crippen LogP contribution is -2.40. The molecule has 3 aromatic rings. The van der Waals surface area contributed by atoms with Crippen LogP contribution in [0.5, 0.6) is 0 Å². The molecule has 1 aliphatic heterocycles. The molecule has 1 heterocycles. The first kappa shape index (κ1) is 24.8. The molecular weight excluding hydrogens is 478 g/mol. The van der Waals surface area contributed by atoms with Gasteiger partial charge in [0.1, 0.15) is 11.6 Å². The second-order valence-corrected chi connectivity index (χ2v) is 9.99. The maximum absolute atomic E-state index is 13.4. The van der Waals surface area contributed by atoms with Crippen molar-refractivity contribution in [2.45, 2.75) is 25.7 Å². The number of sulfonamides is 1. The molecule has 4 rings (SSSR count). The second-order valence-electron chi connectivity index (χ2n) is 8.33. The summed E-state index contributed by atoms with van der Waals surface area (Å²) in [6.07, 6.45) is 0. The largest absolute Gasteiger partial charge is 0.321 e. The lowest BCUT2D eigenvalue weighted by Gasteiger charge is -2.17. The van der Waals surface area contributed by atoms with Crippen molar-refractivity contribution in [2.24, 2.45) is 16.1 Å². The van der Waals surface area contributed by atoms with Gasteiger partial charge < -0.3 is 5.32 Å². The van der Waals surface area contributed by atoms with E-state index in [2.05, 4.69) is 20.4 Å². The van der Waals surface area contributed by atoms with Crippen LogP contribution < -0.4 is 15.2 Å². The van der Waals surface area contributed by atoms with Crippen molar-refractivity contribution in [3.63, 3.8) is 0 Å². The number of benzene rings is 3. The summed E-state index contributed by atoms with van der Waals surface area (Å²) in [6, 6.07) is 22.0. The van der Waals surface area contributed by atoms with E-state index < -0.39 is 27.8 Å². The van der Waals surface area contributed by atoms with Gasteiger partial charge in [0.25, 0.3) is 21.8 Å². The summed E-state index contributed by atoms with van der Waals surface area (Å²) < 4.78 is 25.7. The van der Waals surface area contributed by atoms with Crippen molar-refractivity contribution in [1.82, 2.24) is 4.83 Å². The molecule has 9 nitrogen and oxygen atoms in total. The summed E-state index contributed by atoms with van der Waals surface area (Å²) in [6.45, 7) is 5.25. The van der Waals surface area contributed by atoms with Gasteiger partial charge in [-0.15, -0.1) is 0 Å². The Morgan fingerprint density at radius 3 is 2.22 bits per heavy atom. The molecule has 0 radical (unpaired) electrons. The van der Waals surface area contributed by atoms with Gasteiger partial charge in [0.05, 0.1) is 16.3 Å². The third-order valence-corrected chi connectivity index (χ3v) is 6.87. The Balaban J connectivity index is 1.70. The van der Waals surface area contributed by atoms with Crippen LogP contribution in [0.3, 0.4) is 0 Å². The number of para-hydroxylation sites is 2. The average molecular weight is 504 g/mol. The summed E-state index contributed by atoms with van der Waals surface area (Å²) in [5.74, 6) is -2.43. The smallest absolute Gasteiger partial charge is 0.276 e. The van der Waals surface area contributed by atoms with E-state index in [1.165, 1.54) is 17.1 Å². The Morgan fingerprint density at radius 2 is 1.56 bits per heavy atom. The molecule has 0 bridgehead atoms. The molecule has 1 atom stereocenters. The third-order valence-electron chi connectivity index (χ3n) is 5.65. The van der Waals surface area contributed by atoms with Crippen LogP contribution in [0.1, 0.15) is 18.1 Å². The van der Waals surface area contributed by atoms with Crippen LogP contribution in [0.4, 0.5) is 11.4 Å². The van der Waals surface area contributed by atoms with E-state index in [-0.39, 0.29) is 10.6 Å². The highest BCUT2D eigenvalue weighted by Crippen LogP contribution is 2.25. The highest BCUT2D eigenvalue weighted by Gasteiger charge is 2.41. The zero-order valence-electron chi connectivity index (χ0n) is 20.0. The molecule has 0 saturated carbocycles. The first-order valence-corrected chi connectivity index (χ1v) is 12.6. The zero-order valence-corrected chi connectivity index (χ0v) is 20.8. The number of hydrogen-bond acceptors (Lipinski definition) is 6. The van der Waals surface area contributed by atoms with Crippen LogP contribution in [0, 0.1) is 19.8 Å². The van der Waals surface area contributed by atoms with Crippen molar-refractivity contribution < 1.29 is 18.0 Å². The normalized spacial score (nSPS) is 16.0. The van der Waals surface area contributed by atoms with Gasteiger partial charge in [0, 0.05) is 5.69 Å². The first-order valence-electron chi connectivity index (χ1n) is 11.1. The number of aryl methyl sites for hydroxylation is 2. The lowest BCUT2D eigenvalue weighted by atomic mass is 9.97. The maximum atomic E-state index is 13.4. The van der Waals surface area contributed by atoms with Gasteiger partial charge in [-0.05, 0) is 56.7 Å². The summed E-state index contributed by atoms with van der Waals surface area (Å²) in [5, 5.41) is 12.2. The summed E-state index contributed by atoms with van der Waals surface area (Å²) in [7, 11) is -4.10. The number of carbonyl (C=O) groups excluding carboxylic acids is 2. The van der Waals surface area contributed by atoms with Crippen LogP contribution in [0.25, 0.3) is 0 Å². The fourth-order valence-electron chi connectivity index (χ4n) is 3.66. The molecule has 10 heteroatoms. The molecule has 0 unspecified atom stereocenters. The molecule has 36 heavy (non-hydrogen) atoms. The Kier molecular flexibility index (Phi) is 6.98. The van der Waals surface area contributed by atoms with Gasteiger partial charge in [-0.2, -0.15) is 28.5 Å². The Morgan fingerprint density at radius 1 is 0.917 bits per heavy atom. The monoisotopic (exact) mass is 503 g/mol. The zero-order chi connectivity index (χ0) is 25.9. The quantitative estimate of drug-likeness (QED) is 0.378. The molecule has 0 spiro atoms. The molecule has 3 aromatic carbocycles. The molecule has 0 saturated heterocycles. The minimum Gasteiger partial charge on any atom is -0.321 e. The van der Waals surface area contributed by atoms with Crippen molar-refractivity contribution in [3.05, 3.63) is 90.0 Å². The van der Waals surface area contributed by atoms with Crippen molar-refractivity contribution >= 4 is 44.6 Å². The predicted molar refractivity (Wildman–Crippen MR) is 139 cm³/mol. The van der Waals surface area contributed by atoms with Crippen molar-refractivity contribution in [1.29, 1.82) is 0 Å². The number of carbonyl (C=O) groups is 2. The van der Waals surface area contributed by atoms with Crippen LogP contribution >= 0.6 is 0 Å². The minimum atomic E-state index is -4.10. The summed E-state index contributed by atoms with van der Waals surface area (Å²) in [4.78, 5) is 28.9. The molecule has 0 fully saturated rings. The third kappa shape index (κ3) is 5.18. The molecular formula is C26H25N5O4S. The van der Waals surface area contributed by atoms with Crippen LogP contribution in [0.2, 0.25) is 0 Å². The maximum Gasteiger partial charge on any atom is 0.276 e. The highest BCUT2D eigenvalue weighted by molar-refractivity contribution is 7.89. The Hall–Kier alpha value is -4.31. The number of amides is 2. The first-order chi connectivity index (χ1) is 17.2. The molecule has 2 amide bonds. The van der Waals surface area contributed by atoms with E-state index in [4.69, 9.17) is 0 Å². The van der Waals surface area contributed by atoms with E-state index in [0.717, 1.165) is 11.1 Å². The minimum absolute atomic E-state index is 0.0236. The molecule has 0 aliphatic carbocycles. The number of anilines is 2. The van der Waals surface area contributed by atoms with Gasteiger partial charge in [-0.3, -0.25) is 9.59 Å². The fourth-order valence-corrected chi connectivity index (χ4v) is 4.48. The van der Waals surface area contributed by atoms with Gasteiger partial charge >= 0.3 is 0 Å². The molecule has 1 aliphatic rings. The van der Waals surface area contributed by atoms with Gasteiger partial charge in [-0.25, -0.2) is 0 Å². The van der Waals surface area contributed by atoms with Crippen LogP contribution in [-0.4, -0.2) is 31.7 Å². The van der Waals surface area contributed by atoms with Crippen LogP contribution in [-0.2, 0) is 19.6 Å². The Bertz CT molecular complexity index is 1470. The van der Waals surface area contributed by atoms with Gasteiger partial charge in [0.2, 0.25) is 0 Å². The van der Waals surface area contributed by atoms with E-state index in [1.54, 1.807) is 61.5 Å². The fraction of sp³-hybridized carbons (Fsp3) is 0.154. The lowest BCUT2D eigenvalue weighted by molar-refractivity contribution is -0.119. The molecule has 184 valence electrons. The Labute approximate surface area is 209 Å². The number of nitrogens with one attached hydrogen (secondary N) is 2. The molecule has 2 N–H and O–H groups in total. The number of hydrogen-bond donors (Lipinski definition) is 2. The summed E-state index contributed by atoms with van der Waals surface area (Å²) >= 11 is 0. The second kappa shape index (κ2) is 10.1. The van der Waals surface area contributed by atoms with Gasteiger partial charge in [0.15, 0.2) is 0 Å². The SMILES string of the molecule is CC1=NN(c2ccccc2)C(=O)[C@@H]1/C(=N/NS(=O)(=O)c1ccc(C)cc1)C(=O)Nc1ccccc1C. The number of hydrazone groups is 2. The predicted octanol–water partition coefficient (Wildman–Crippen LogP) is 3.62. The van der Waals surface area contributed by atoms with Gasteiger partial charge in [-0.1, -0.05) is 54.1 Å². The van der Waals surface area contributed by atoms with Crippen molar-refractivity contribution in [3.8, 4) is 0 Å². The van der Waals surface area contributed by atoms with E-state index in [0.29, 0.717) is 17.1 Å². The average Bonchev–Trinajstić information content (AvgIpc) is 3.15. The van der Waals surface area contributed by atoms with E-state index in [1.807, 2.05) is 26.0 Å². The number of rotatable bonds is 7. The standard InChI is InChI=1S/C26H25N5O4S/c1-17-13-15-21(16-14-17)36(34,35)30-28-24(25(32)27-22-12-8-7-9-18(22)2)23-19(3)29-31(26(23)33)20-10-5-4-6-11-20/h4-16,23,30H,1-3H3,(H,27,32)/b28-24-/t23-/m0/s1. The molecule has 0 aromatic heterocycles. The van der Waals surface area contributed by atoms with Crippen LogP contribution in [0.15, 0.2) is 94.0 Å². The highest BCUT2D eigenvalue weighted by atomic mass is 32.2. The van der Waals surface area contributed by atoms with Crippen molar-refractivity contribution in [2.75, 3.05) is 10.3 Å². The topological polar surface area (TPSA) is 120 Å². The number of nitrogens with zero attached hydrogens (tertiary/aromatic N) is 3.